The van der Waals surface area contributed by atoms with Gasteiger partial charge < -0.3 is 10.6 Å². The van der Waals surface area contributed by atoms with Crippen LogP contribution in [-0.4, -0.2) is 22.4 Å². The number of benzene rings is 2. The lowest BCUT2D eigenvalue weighted by molar-refractivity contribution is 0.102. The van der Waals surface area contributed by atoms with Crippen LogP contribution in [0, 0.1) is 5.82 Å². The van der Waals surface area contributed by atoms with Crippen LogP contribution in [0.25, 0.3) is 0 Å². The molecule has 0 atom stereocenters. The molecule has 0 bridgehead atoms. The van der Waals surface area contributed by atoms with E-state index in [2.05, 4.69) is 41.4 Å². The van der Waals surface area contributed by atoms with E-state index < -0.39 is 0 Å². The summed E-state index contributed by atoms with van der Waals surface area (Å²) in [6, 6.07) is 14.2. The van der Waals surface area contributed by atoms with Crippen molar-refractivity contribution in [2.24, 2.45) is 0 Å². The summed E-state index contributed by atoms with van der Waals surface area (Å²) in [5.74, 6) is -0.0534. The number of nitrogens with one attached hydrogen (secondary N) is 2. The molecule has 3 rings (SSSR count). The van der Waals surface area contributed by atoms with Crippen LogP contribution in [0.1, 0.15) is 42.3 Å². The summed E-state index contributed by atoms with van der Waals surface area (Å²) in [5, 5.41) is 6.06. The fourth-order valence-corrected chi connectivity index (χ4v) is 2.95. The number of anilines is 2. The van der Waals surface area contributed by atoms with Gasteiger partial charge in [-0.3, -0.25) is 4.79 Å². The molecule has 0 saturated carbocycles. The van der Waals surface area contributed by atoms with E-state index in [1.165, 1.54) is 24.5 Å². The van der Waals surface area contributed by atoms with Gasteiger partial charge in [0.05, 0.1) is 5.56 Å². The molecular formula is C23H25FN4O. The minimum atomic E-state index is -0.250. The number of halogens is 1. The predicted octanol–water partition coefficient (Wildman–Crippen LogP) is 4.82. The van der Waals surface area contributed by atoms with Crippen molar-refractivity contribution < 1.29 is 9.18 Å². The highest BCUT2D eigenvalue weighted by Gasteiger charge is 2.19. The number of nitrogens with zero attached hydrogens (tertiary/aromatic N) is 2. The smallest absolute Gasteiger partial charge is 0.258 e. The van der Waals surface area contributed by atoms with E-state index in [9.17, 15) is 9.18 Å². The molecule has 0 saturated heterocycles. The molecule has 2 N–H and O–H groups in total. The molecule has 29 heavy (non-hydrogen) atoms. The third kappa shape index (κ3) is 5.60. The molecule has 150 valence electrons. The van der Waals surface area contributed by atoms with E-state index in [0.717, 1.165) is 23.2 Å². The van der Waals surface area contributed by atoms with E-state index in [1.807, 2.05) is 24.3 Å². The first-order chi connectivity index (χ1) is 13.8. The lowest BCUT2D eigenvalue weighted by atomic mass is 9.86. The zero-order valence-electron chi connectivity index (χ0n) is 16.9. The molecule has 0 aliphatic carbocycles. The predicted molar refractivity (Wildman–Crippen MR) is 114 cm³/mol. The van der Waals surface area contributed by atoms with E-state index in [0.29, 0.717) is 18.1 Å². The van der Waals surface area contributed by atoms with Gasteiger partial charge in [0.15, 0.2) is 0 Å². The maximum Gasteiger partial charge on any atom is 0.258 e. The zero-order valence-corrected chi connectivity index (χ0v) is 16.9. The minimum absolute atomic E-state index is 0.0846. The Labute approximate surface area is 170 Å². The van der Waals surface area contributed by atoms with Crippen molar-refractivity contribution >= 4 is 17.5 Å². The van der Waals surface area contributed by atoms with Crippen LogP contribution in [0.3, 0.4) is 0 Å². The van der Waals surface area contributed by atoms with E-state index >= 15 is 0 Å². The molecule has 0 radical (unpaired) electrons. The van der Waals surface area contributed by atoms with Crippen molar-refractivity contribution in [3.05, 3.63) is 83.4 Å². The average Bonchev–Trinajstić information content (AvgIpc) is 2.69. The quantitative estimate of drug-likeness (QED) is 0.631. The number of amides is 1. The number of carbonyl (C=O) groups excluding carboxylic acids is 1. The monoisotopic (exact) mass is 392 g/mol. The third-order valence-electron chi connectivity index (χ3n) is 4.51. The Kier molecular flexibility index (Phi) is 6.22. The molecule has 2 aromatic carbocycles. The molecule has 0 fully saturated rings. The van der Waals surface area contributed by atoms with E-state index in [1.54, 1.807) is 12.1 Å². The Hall–Kier alpha value is -3.28. The van der Waals surface area contributed by atoms with Gasteiger partial charge in [-0.25, -0.2) is 14.4 Å². The Bertz CT molecular complexity index is 963. The second kappa shape index (κ2) is 8.82. The van der Waals surface area contributed by atoms with E-state index in [-0.39, 0.29) is 17.1 Å². The summed E-state index contributed by atoms with van der Waals surface area (Å²) >= 11 is 0. The van der Waals surface area contributed by atoms with Gasteiger partial charge in [0, 0.05) is 24.6 Å². The summed E-state index contributed by atoms with van der Waals surface area (Å²) < 4.78 is 12.9. The minimum Gasteiger partial charge on any atom is -0.354 e. The summed E-state index contributed by atoms with van der Waals surface area (Å²) in [6.07, 6.45) is 3.72. The lowest BCUT2D eigenvalue weighted by Gasteiger charge is -2.22. The van der Waals surface area contributed by atoms with Crippen LogP contribution >= 0.6 is 0 Å². The van der Waals surface area contributed by atoms with Gasteiger partial charge in [-0.2, -0.15) is 0 Å². The molecule has 5 nitrogen and oxygen atoms in total. The Balaban J connectivity index is 1.58. The first-order valence-corrected chi connectivity index (χ1v) is 9.54. The lowest BCUT2D eigenvalue weighted by Crippen LogP contribution is -2.19. The Morgan fingerprint density at radius 2 is 1.66 bits per heavy atom. The molecule has 6 heteroatoms. The highest BCUT2D eigenvalue weighted by atomic mass is 19.1. The SMILES string of the molecule is CC(C)(C)c1ccccc1NC(=O)c1cnc(NCCc2ccc(F)cc2)nc1. The largest absolute Gasteiger partial charge is 0.354 e. The highest BCUT2D eigenvalue weighted by Crippen LogP contribution is 2.29. The average molecular weight is 392 g/mol. The van der Waals surface area contributed by atoms with Crippen LogP contribution in [0.5, 0.6) is 0 Å². The molecule has 0 aliphatic rings. The zero-order chi connectivity index (χ0) is 20.9. The van der Waals surface area contributed by atoms with Crippen LogP contribution < -0.4 is 10.6 Å². The van der Waals surface area contributed by atoms with Crippen molar-refractivity contribution in [3.8, 4) is 0 Å². The third-order valence-corrected chi connectivity index (χ3v) is 4.51. The molecular weight excluding hydrogens is 367 g/mol. The van der Waals surface area contributed by atoms with Crippen molar-refractivity contribution in [1.29, 1.82) is 0 Å². The summed E-state index contributed by atoms with van der Waals surface area (Å²) in [7, 11) is 0. The number of para-hydroxylation sites is 1. The van der Waals surface area contributed by atoms with Gasteiger partial charge in [0.2, 0.25) is 5.95 Å². The van der Waals surface area contributed by atoms with Crippen LogP contribution in [-0.2, 0) is 11.8 Å². The van der Waals surface area contributed by atoms with Gasteiger partial charge in [0.1, 0.15) is 5.82 Å². The highest BCUT2D eigenvalue weighted by molar-refractivity contribution is 6.04. The van der Waals surface area contributed by atoms with Crippen LogP contribution in [0.2, 0.25) is 0 Å². The van der Waals surface area contributed by atoms with Gasteiger partial charge in [-0.1, -0.05) is 51.1 Å². The molecule has 0 spiro atoms. The number of aromatic nitrogens is 2. The maximum absolute atomic E-state index is 12.9. The number of hydrogen-bond acceptors (Lipinski definition) is 4. The fourth-order valence-electron chi connectivity index (χ4n) is 2.95. The first kappa shape index (κ1) is 20.5. The summed E-state index contributed by atoms with van der Waals surface area (Å²) in [5.41, 5.74) is 3.17. The second-order valence-corrected chi connectivity index (χ2v) is 7.85. The molecule has 0 unspecified atom stereocenters. The van der Waals surface area contributed by atoms with Crippen LogP contribution in [0.4, 0.5) is 16.0 Å². The fraction of sp³-hybridized carbons (Fsp3) is 0.261. The summed E-state index contributed by atoms with van der Waals surface area (Å²) in [4.78, 5) is 21.0. The molecule has 1 aromatic heterocycles. The summed E-state index contributed by atoms with van der Waals surface area (Å²) in [6.45, 7) is 6.92. The molecule has 3 aromatic rings. The van der Waals surface area contributed by atoms with E-state index in [4.69, 9.17) is 0 Å². The number of rotatable bonds is 6. The topological polar surface area (TPSA) is 66.9 Å². The normalized spacial score (nSPS) is 11.2. The molecule has 1 amide bonds. The van der Waals surface area contributed by atoms with Gasteiger partial charge in [-0.15, -0.1) is 0 Å². The van der Waals surface area contributed by atoms with Gasteiger partial charge in [-0.05, 0) is 41.2 Å². The first-order valence-electron chi connectivity index (χ1n) is 9.54. The van der Waals surface area contributed by atoms with Crippen molar-refractivity contribution in [1.82, 2.24) is 9.97 Å². The van der Waals surface area contributed by atoms with Gasteiger partial charge in [0.25, 0.3) is 5.91 Å². The van der Waals surface area contributed by atoms with Crippen molar-refractivity contribution in [3.63, 3.8) is 0 Å². The Morgan fingerprint density at radius 1 is 1.00 bits per heavy atom. The molecule has 0 aliphatic heterocycles. The second-order valence-electron chi connectivity index (χ2n) is 7.85. The molecule has 1 heterocycles. The van der Waals surface area contributed by atoms with Gasteiger partial charge >= 0.3 is 0 Å². The Morgan fingerprint density at radius 3 is 2.31 bits per heavy atom. The maximum atomic E-state index is 12.9. The van der Waals surface area contributed by atoms with Crippen molar-refractivity contribution in [2.75, 3.05) is 17.2 Å². The van der Waals surface area contributed by atoms with Crippen LogP contribution in [0.15, 0.2) is 60.9 Å². The number of hydrogen-bond donors (Lipinski definition) is 2. The number of carbonyl (C=O) groups is 1. The standard InChI is InChI=1S/C23H25FN4O/c1-23(2,3)19-6-4-5-7-20(19)28-21(29)17-14-26-22(27-15-17)25-13-12-16-8-10-18(24)11-9-16/h4-11,14-15H,12-13H2,1-3H3,(H,28,29)(H,25,26,27). The van der Waals surface area contributed by atoms with Crippen molar-refractivity contribution in [2.45, 2.75) is 32.6 Å².